The molecule has 6 nitrogen and oxygen atoms in total. The Morgan fingerprint density at radius 1 is 1.12 bits per heavy atom. The highest BCUT2D eigenvalue weighted by Gasteiger charge is 2.16. The average Bonchev–Trinajstić information content (AvgIpc) is 3.02. The maximum atomic E-state index is 12.3. The van der Waals surface area contributed by atoms with Crippen LogP contribution in [0.25, 0.3) is 10.9 Å². The fraction of sp³-hybridized carbons (Fsp3) is 0.200. The number of aromatic nitrogens is 1. The lowest BCUT2D eigenvalue weighted by Gasteiger charge is -2.11. The van der Waals surface area contributed by atoms with Crippen LogP contribution < -0.4 is 5.32 Å². The number of aryl methyl sites for hydroxylation is 1. The largest absolute Gasteiger partial charge is 0.465 e. The summed E-state index contributed by atoms with van der Waals surface area (Å²) in [6.07, 6.45) is 1.05. The number of rotatable bonds is 5. The topological polar surface area (TPSA) is 80.6 Å². The number of para-hydroxylation sites is 1. The van der Waals surface area contributed by atoms with Crippen LogP contribution in [0.15, 0.2) is 54.7 Å². The molecule has 2 aromatic carbocycles. The molecule has 0 radical (unpaired) electrons. The number of nitrogens with one attached hydrogen (secondary N) is 1. The van der Waals surface area contributed by atoms with Crippen LogP contribution in [0.2, 0.25) is 0 Å². The zero-order valence-corrected chi connectivity index (χ0v) is 14.6. The van der Waals surface area contributed by atoms with Crippen molar-refractivity contribution >= 4 is 22.8 Å². The number of nitrogens with zero attached hydrogens (tertiary/aromatic N) is 1. The van der Waals surface area contributed by atoms with Gasteiger partial charge in [0.1, 0.15) is 0 Å². The molecular weight excluding hydrogens is 332 g/mol. The molecule has 3 aromatic rings. The Hall–Kier alpha value is -3.12. The Kier molecular flexibility index (Phi) is 5.04. The second-order valence-corrected chi connectivity index (χ2v) is 6.01. The zero-order chi connectivity index (χ0) is 18.7. The third-order valence-electron chi connectivity index (χ3n) is 4.31. The molecular formula is C20H20N2O4. The first-order chi connectivity index (χ1) is 12.5. The summed E-state index contributed by atoms with van der Waals surface area (Å²) in [4.78, 5) is 23.7. The summed E-state index contributed by atoms with van der Waals surface area (Å²) in [6.45, 7) is 0.0889. The van der Waals surface area contributed by atoms with Crippen LogP contribution in [0.3, 0.4) is 0 Å². The van der Waals surface area contributed by atoms with Crippen LogP contribution in [-0.2, 0) is 11.8 Å². The Bertz CT molecular complexity index is 944. The smallest absolute Gasteiger partial charge is 0.337 e. The van der Waals surface area contributed by atoms with Crippen molar-refractivity contribution in [3.63, 3.8) is 0 Å². The molecule has 1 aromatic heterocycles. The minimum absolute atomic E-state index is 0.0889. The van der Waals surface area contributed by atoms with Crippen molar-refractivity contribution in [1.82, 2.24) is 9.88 Å². The Labute approximate surface area is 151 Å². The minimum Gasteiger partial charge on any atom is -0.465 e. The number of methoxy groups -OCH3 is 1. The number of carbonyl (C=O) groups excluding carboxylic acids is 2. The molecule has 26 heavy (non-hydrogen) atoms. The maximum absolute atomic E-state index is 12.3. The van der Waals surface area contributed by atoms with Crippen LogP contribution in [0, 0.1) is 0 Å². The SMILES string of the molecule is COC(=O)c1ccc(C(=O)NCC(O)c2cn(C)c3ccccc23)cc1. The van der Waals surface area contributed by atoms with E-state index in [4.69, 9.17) is 0 Å². The van der Waals surface area contributed by atoms with Gasteiger partial charge in [-0.2, -0.15) is 0 Å². The third kappa shape index (κ3) is 3.45. The molecule has 6 heteroatoms. The summed E-state index contributed by atoms with van der Waals surface area (Å²) in [5.74, 6) is -0.774. The van der Waals surface area contributed by atoms with E-state index in [9.17, 15) is 14.7 Å². The van der Waals surface area contributed by atoms with Gasteiger partial charge in [-0.3, -0.25) is 4.79 Å². The summed E-state index contributed by atoms with van der Waals surface area (Å²) < 4.78 is 6.57. The van der Waals surface area contributed by atoms with Gasteiger partial charge in [-0.05, 0) is 30.3 Å². The monoisotopic (exact) mass is 352 g/mol. The quantitative estimate of drug-likeness (QED) is 0.691. The van der Waals surface area contributed by atoms with E-state index in [1.807, 2.05) is 42.1 Å². The van der Waals surface area contributed by atoms with E-state index in [0.29, 0.717) is 11.1 Å². The molecule has 2 N–H and O–H groups in total. The summed E-state index contributed by atoms with van der Waals surface area (Å²) in [5.41, 5.74) is 2.57. The van der Waals surface area contributed by atoms with Gasteiger partial charge in [0.05, 0.1) is 18.8 Å². The van der Waals surface area contributed by atoms with Gasteiger partial charge in [-0.15, -0.1) is 0 Å². The van der Waals surface area contributed by atoms with Crippen LogP contribution in [0.5, 0.6) is 0 Å². The summed E-state index contributed by atoms with van der Waals surface area (Å²) in [5, 5.41) is 14.2. The van der Waals surface area contributed by atoms with E-state index in [-0.39, 0.29) is 12.5 Å². The first-order valence-corrected chi connectivity index (χ1v) is 8.20. The van der Waals surface area contributed by atoms with E-state index in [2.05, 4.69) is 10.1 Å². The van der Waals surface area contributed by atoms with E-state index in [0.717, 1.165) is 16.5 Å². The lowest BCUT2D eigenvalue weighted by Crippen LogP contribution is -2.28. The molecule has 1 atom stereocenters. The number of ether oxygens (including phenoxy) is 1. The number of benzene rings is 2. The zero-order valence-electron chi connectivity index (χ0n) is 14.6. The maximum Gasteiger partial charge on any atom is 0.337 e. The molecule has 1 heterocycles. The molecule has 0 spiro atoms. The van der Waals surface area contributed by atoms with Gasteiger partial charge in [0.15, 0.2) is 0 Å². The van der Waals surface area contributed by atoms with Crippen molar-refractivity contribution in [2.75, 3.05) is 13.7 Å². The van der Waals surface area contributed by atoms with Crippen LogP contribution >= 0.6 is 0 Å². The van der Waals surface area contributed by atoms with E-state index in [1.54, 1.807) is 12.1 Å². The second kappa shape index (κ2) is 7.41. The molecule has 1 amide bonds. The standard InChI is InChI=1S/C20H20N2O4/c1-22-12-16(15-5-3-4-6-17(15)22)18(23)11-21-19(24)13-7-9-14(10-8-13)20(25)26-2/h3-10,12,18,23H,11H2,1-2H3,(H,21,24). The molecule has 0 aliphatic carbocycles. The lowest BCUT2D eigenvalue weighted by molar-refractivity contribution is 0.0600. The Morgan fingerprint density at radius 3 is 2.46 bits per heavy atom. The summed E-state index contributed by atoms with van der Waals surface area (Å²) in [7, 11) is 3.22. The molecule has 0 bridgehead atoms. The number of amides is 1. The molecule has 134 valence electrons. The number of fused-ring (bicyclic) bond motifs is 1. The first kappa shape index (κ1) is 17.7. The number of aliphatic hydroxyl groups excluding tert-OH is 1. The van der Waals surface area contributed by atoms with Gasteiger partial charge in [0.2, 0.25) is 0 Å². The molecule has 0 saturated heterocycles. The highest BCUT2D eigenvalue weighted by Crippen LogP contribution is 2.25. The van der Waals surface area contributed by atoms with Crippen molar-refractivity contribution in [1.29, 1.82) is 0 Å². The second-order valence-electron chi connectivity index (χ2n) is 6.01. The molecule has 0 fully saturated rings. The number of hydrogen-bond donors (Lipinski definition) is 2. The van der Waals surface area contributed by atoms with Crippen LogP contribution in [0.1, 0.15) is 32.4 Å². The van der Waals surface area contributed by atoms with Crippen LogP contribution in [-0.4, -0.2) is 35.2 Å². The molecule has 0 saturated carbocycles. The average molecular weight is 352 g/mol. The van der Waals surface area contributed by atoms with Gasteiger partial charge >= 0.3 is 5.97 Å². The Morgan fingerprint density at radius 2 is 1.77 bits per heavy atom. The van der Waals surface area contributed by atoms with Gasteiger partial charge < -0.3 is 19.7 Å². The highest BCUT2D eigenvalue weighted by atomic mass is 16.5. The van der Waals surface area contributed by atoms with Gasteiger partial charge in [0.25, 0.3) is 5.91 Å². The summed E-state index contributed by atoms with van der Waals surface area (Å²) in [6, 6.07) is 13.9. The van der Waals surface area contributed by atoms with Gasteiger partial charge in [-0.1, -0.05) is 18.2 Å². The number of esters is 1. The number of aliphatic hydroxyl groups is 1. The highest BCUT2D eigenvalue weighted by molar-refractivity contribution is 5.96. The van der Waals surface area contributed by atoms with Gasteiger partial charge in [-0.25, -0.2) is 4.79 Å². The van der Waals surface area contributed by atoms with E-state index >= 15 is 0 Å². The number of hydrogen-bond acceptors (Lipinski definition) is 4. The van der Waals surface area contributed by atoms with E-state index < -0.39 is 12.1 Å². The van der Waals surface area contributed by atoms with Crippen molar-refractivity contribution in [2.24, 2.45) is 7.05 Å². The predicted molar refractivity (Wildman–Crippen MR) is 98.0 cm³/mol. The normalized spacial score (nSPS) is 12.0. The fourth-order valence-electron chi connectivity index (χ4n) is 2.92. The van der Waals surface area contributed by atoms with Crippen molar-refractivity contribution in [3.8, 4) is 0 Å². The van der Waals surface area contributed by atoms with Crippen molar-refractivity contribution in [3.05, 3.63) is 71.4 Å². The lowest BCUT2D eigenvalue weighted by atomic mass is 10.1. The first-order valence-electron chi connectivity index (χ1n) is 8.20. The molecule has 0 aliphatic heterocycles. The number of carbonyl (C=O) groups is 2. The minimum atomic E-state index is -0.820. The molecule has 3 rings (SSSR count). The van der Waals surface area contributed by atoms with Crippen molar-refractivity contribution < 1.29 is 19.4 Å². The molecule has 1 unspecified atom stereocenters. The molecule has 0 aliphatic rings. The van der Waals surface area contributed by atoms with Gasteiger partial charge in [0, 0.05) is 41.8 Å². The van der Waals surface area contributed by atoms with E-state index in [1.165, 1.54) is 19.2 Å². The van der Waals surface area contributed by atoms with Crippen LogP contribution in [0.4, 0.5) is 0 Å². The Balaban J connectivity index is 1.68. The third-order valence-corrected chi connectivity index (χ3v) is 4.31. The van der Waals surface area contributed by atoms with Crippen molar-refractivity contribution in [2.45, 2.75) is 6.10 Å². The summed E-state index contributed by atoms with van der Waals surface area (Å²) >= 11 is 0. The predicted octanol–water partition coefficient (Wildman–Crippen LogP) is 2.43. The fourth-order valence-corrected chi connectivity index (χ4v) is 2.92.